The molecule has 0 aliphatic carbocycles. The van der Waals surface area contributed by atoms with Crippen LogP contribution in [0.4, 0.5) is 0 Å². The molecule has 2 heteroatoms. The lowest BCUT2D eigenvalue weighted by atomic mass is 10.2. The molecule has 0 aliphatic rings. The second-order valence-electron chi connectivity index (χ2n) is 2.91. The Labute approximate surface area is 74.9 Å². The fraction of sp³-hybridized carbons (Fsp3) is 0.800. The first-order chi connectivity index (χ1) is 5.91. The fourth-order valence-electron chi connectivity index (χ4n) is 0.984. The summed E-state index contributed by atoms with van der Waals surface area (Å²) in [5, 5.41) is 17.0. The van der Waals surface area contributed by atoms with Gasteiger partial charge in [0.2, 0.25) is 0 Å². The third kappa shape index (κ3) is 9.66. The summed E-state index contributed by atoms with van der Waals surface area (Å²) in [6, 6.07) is 0. The van der Waals surface area contributed by atoms with Gasteiger partial charge in [-0.25, -0.2) is 0 Å². The molecular weight excluding hydrogens is 152 g/mol. The average Bonchev–Trinajstić information content (AvgIpc) is 2.10. The van der Waals surface area contributed by atoms with Crippen molar-refractivity contribution in [2.24, 2.45) is 0 Å². The van der Waals surface area contributed by atoms with Gasteiger partial charge in [-0.05, 0) is 38.5 Å². The highest BCUT2D eigenvalue weighted by Gasteiger charge is 1.83. The second-order valence-corrected chi connectivity index (χ2v) is 2.91. The van der Waals surface area contributed by atoms with Crippen LogP contribution in [-0.4, -0.2) is 23.4 Å². The fourth-order valence-corrected chi connectivity index (χ4v) is 0.984. The maximum atomic E-state index is 8.49. The number of unbranched alkanes of at least 4 members (excludes halogenated alkanes) is 4. The van der Waals surface area contributed by atoms with Gasteiger partial charge < -0.3 is 10.2 Å². The van der Waals surface area contributed by atoms with E-state index in [2.05, 4.69) is 12.2 Å². The molecule has 0 saturated carbocycles. The molecule has 0 aromatic carbocycles. The summed E-state index contributed by atoms with van der Waals surface area (Å²) in [4.78, 5) is 0. The average molecular weight is 172 g/mol. The predicted octanol–water partition coefficient (Wildman–Crippen LogP) is 1.87. The Morgan fingerprint density at radius 3 is 1.42 bits per heavy atom. The van der Waals surface area contributed by atoms with Crippen LogP contribution in [-0.2, 0) is 0 Å². The molecule has 0 rings (SSSR count). The quantitative estimate of drug-likeness (QED) is 0.433. The molecule has 2 N–H and O–H groups in total. The summed E-state index contributed by atoms with van der Waals surface area (Å²) in [5.41, 5.74) is 0. The Bertz CT molecular complexity index is 88.0. The highest BCUT2D eigenvalue weighted by molar-refractivity contribution is 4.81. The first-order valence-corrected chi connectivity index (χ1v) is 4.78. The van der Waals surface area contributed by atoms with Crippen molar-refractivity contribution in [3.8, 4) is 0 Å². The van der Waals surface area contributed by atoms with E-state index in [9.17, 15) is 0 Å². The Hall–Kier alpha value is -0.340. The molecule has 2 nitrogen and oxygen atoms in total. The normalized spacial score (nSPS) is 11.2. The Kier molecular flexibility index (Phi) is 10.4. The van der Waals surface area contributed by atoms with Crippen molar-refractivity contribution in [3.63, 3.8) is 0 Å². The van der Waals surface area contributed by atoms with Gasteiger partial charge in [-0.2, -0.15) is 0 Å². The molecule has 0 aliphatic heterocycles. The minimum Gasteiger partial charge on any atom is -0.396 e. The van der Waals surface area contributed by atoms with Crippen molar-refractivity contribution in [1.82, 2.24) is 0 Å². The molecule has 0 spiro atoms. The van der Waals surface area contributed by atoms with Crippen molar-refractivity contribution in [2.75, 3.05) is 13.2 Å². The maximum absolute atomic E-state index is 8.49. The minimum atomic E-state index is 0.304. The van der Waals surface area contributed by atoms with Gasteiger partial charge in [-0.15, -0.1) is 0 Å². The molecule has 0 fully saturated rings. The van der Waals surface area contributed by atoms with Crippen molar-refractivity contribution < 1.29 is 10.2 Å². The van der Waals surface area contributed by atoms with E-state index in [1.54, 1.807) is 0 Å². The summed E-state index contributed by atoms with van der Waals surface area (Å²) >= 11 is 0. The summed E-state index contributed by atoms with van der Waals surface area (Å²) in [5.74, 6) is 0. The third-order valence-electron chi connectivity index (χ3n) is 1.72. The van der Waals surface area contributed by atoms with Crippen LogP contribution in [0, 0.1) is 0 Å². The molecule has 0 aromatic rings. The summed E-state index contributed by atoms with van der Waals surface area (Å²) in [6.07, 6.45) is 10.4. The minimum absolute atomic E-state index is 0.304. The number of aliphatic hydroxyl groups excluding tert-OH is 2. The van der Waals surface area contributed by atoms with Crippen LogP contribution in [0.1, 0.15) is 38.5 Å². The van der Waals surface area contributed by atoms with Gasteiger partial charge in [0.25, 0.3) is 0 Å². The lowest BCUT2D eigenvalue weighted by Gasteiger charge is -1.92. The predicted molar refractivity (Wildman–Crippen MR) is 51.0 cm³/mol. The topological polar surface area (TPSA) is 40.5 Å². The Balaban J connectivity index is 2.93. The first-order valence-electron chi connectivity index (χ1n) is 4.78. The van der Waals surface area contributed by atoms with Crippen LogP contribution < -0.4 is 0 Å². The SMILES string of the molecule is OCCCC/C=C\CCCCO. The Morgan fingerprint density at radius 2 is 1.08 bits per heavy atom. The number of rotatable bonds is 8. The van der Waals surface area contributed by atoms with Gasteiger partial charge in [-0.3, -0.25) is 0 Å². The van der Waals surface area contributed by atoms with E-state index in [0.29, 0.717) is 13.2 Å². The van der Waals surface area contributed by atoms with Crippen molar-refractivity contribution >= 4 is 0 Å². The van der Waals surface area contributed by atoms with E-state index in [4.69, 9.17) is 10.2 Å². The van der Waals surface area contributed by atoms with Crippen LogP contribution >= 0.6 is 0 Å². The smallest absolute Gasteiger partial charge is 0.0431 e. The van der Waals surface area contributed by atoms with Crippen molar-refractivity contribution in [2.45, 2.75) is 38.5 Å². The van der Waals surface area contributed by atoms with Gasteiger partial charge in [-0.1, -0.05) is 12.2 Å². The van der Waals surface area contributed by atoms with Crippen LogP contribution in [0.2, 0.25) is 0 Å². The summed E-state index contributed by atoms with van der Waals surface area (Å²) in [7, 11) is 0. The second kappa shape index (κ2) is 10.7. The van der Waals surface area contributed by atoms with Gasteiger partial charge in [0.15, 0.2) is 0 Å². The number of hydrogen-bond donors (Lipinski definition) is 2. The first kappa shape index (κ1) is 11.7. The van der Waals surface area contributed by atoms with Gasteiger partial charge in [0.1, 0.15) is 0 Å². The molecule has 72 valence electrons. The zero-order valence-corrected chi connectivity index (χ0v) is 7.71. The molecule has 0 unspecified atom stereocenters. The van der Waals surface area contributed by atoms with Crippen LogP contribution in [0.5, 0.6) is 0 Å². The van der Waals surface area contributed by atoms with E-state index in [1.807, 2.05) is 0 Å². The van der Waals surface area contributed by atoms with E-state index in [-0.39, 0.29) is 0 Å². The van der Waals surface area contributed by atoms with Crippen LogP contribution in [0.3, 0.4) is 0 Å². The number of hydrogen-bond acceptors (Lipinski definition) is 2. The maximum Gasteiger partial charge on any atom is 0.0431 e. The molecule has 0 atom stereocenters. The molecule has 0 saturated heterocycles. The van der Waals surface area contributed by atoms with Crippen LogP contribution in [0.25, 0.3) is 0 Å². The zero-order chi connectivity index (χ0) is 9.07. The van der Waals surface area contributed by atoms with Gasteiger partial charge >= 0.3 is 0 Å². The van der Waals surface area contributed by atoms with Crippen LogP contribution in [0.15, 0.2) is 12.2 Å². The highest BCUT2D eigenvalue weighted by atomic mass is 16.3. The monoisotopic (exact) mass is 172 g/mol. The van der Waals surface area contributed by atoms with Gasteiger partial charge in [0, 0.05) is 13.2 Å². The molecular formula is C10H20O2. The lowest BCUT2D eigenvalue weighted by molar-refractivity contribution is 0.284. The highest BCUT2D eigenvalue weighted by Crippen LogP contribution is 1.99. The van der Waals surface area contributed by atoms with E-state index < -0.39 is 0 Å². The Morgan fingerprint density at radius 1 is 0.667 bits per heavy atom. The van der Waals surface area contributed by atoms with E-state index >= 15 is 0 Å². The molecule has 0 amide bonds. The molecule has 0 aromatic heterocycles. The number of allylic oxidation sites excluding steroid dienone is 2. The van der Waals surface area contributed by atoms with E-state index in [0.717, 1.165) is 38.5 Å². The molecule has 0 radical (unpaired) electrons. The molecule has 12 heavy (non-hydrogen) atoms. The number of aliphatic hydroxyl groups is 2. The van der Waals surface area contributed by atoms with Crippen molar-refractivity contribution in [3.05, 3.63) is 12.2 Å². The molecule has 0 heterocycles. The summed E-state index contributed by atoms with van der Waals surface area (Å²) in [6.45, 7) is 0.608. The lowest BCUT2D eigenvalue weighted by Crippen LogP contribution is -1.81. The molecule has 0 bridgehead atoms. The van der Waals surface area contributed by atoms with Crippen molar-refractivity contribution in [1.29, 1.82) is 0 Å². The third-order valence-corrected chi connectivity index (χ3v) is 1.72. The van der Waals surface area contributed by atoms with E-state index in [1.165, 1.54) is 0 Å². The van der Waals surface area contributed by atoms with Gasteiger partial charge in [0.05, 0.1) is 0 Å². The summed E-state index contributed by atoms with van der Waals surface area (Å²) < 4.78 is 0. The zero-order valence-electron chi connectivity index (χ0n) is 7.71. The largest absolute Gasteiger partial charge is 0.396 e. The standard InChI is InChI=1S/C10H20O2/c11-9-7-5-3-1-2-4-6-8-10-12/h1-2,11-12H,3-10H2/b2-1-.